The van der Waals surface area contributed by atoms with E-state index in [4.69, 9.17) is 0 Å². The summed E-state index contributed by atoms with van der Waals surface area (Å²) >= 11 is 0. The molecule has 1 nitrogen and oxygen atoms in total. The Balaban J connectivity index is 1.31. The maximum absolute atomic E-state index is 2.50. The highest BCUT2D eigenvalue weighted by Crippen LogP contribution is 2.53. The predicted molar refractivity (Wildman–Crippen MR) is 239 cm³/mol. The highest BCUT2D eigenvalue weighted by molar-refractivity contribution is 6.10. The first-order valence-corrected chi connectivity index (χ1v) is 19.7. The number of benzene rings is 9. The zero-order valence-corrected chi connectivity index (χ0v) is 32.3. The van der Waals surface area contributed by atoms with E-state index in [1.54, 1.807) is 0 Å². The van der Waals surface area contributed by atoms with Crippen LogP contribution < -0.4 is 4.90 Å². The van der Waals surface area contributed by atoms with Gasteiger partial charge in [0.05, 0.1) is 5.69 Å². The molecule has 0 saturated carbocycles. The lowest BCUT2D eigenvalue weighted by molar-refractivity contribution is 0.660. The van der Waals surface area contributed by atoms with Crippen LogP contribution >= 0.6 is 0 Å². The topological polar surface area (TPSA) is 3.24 Å². The van der Waals surface area contributed by atoms with Crippen molar-refractivity contribution >= 4 is 38.6 Å². The van der Waals surface area contributed by atoms with Gasteiger partial charge in [0.25, 0.3) is 0 Å². The number of hydrogen-bond acceptors (Lipinski definition) is 1. The number of anilines is 3. The van der Waals surface area contributed by atoms with Crippen LogP contribution in [0.5, 0.6) is 0 Å². The van der Waals surface area contributed by atoms with Crippen LogP contribution in [0.4, 0.5) is 17.1 Å². The van der Waals surface area contributed by atoms with Crippen molar-refractivity contribution in [1.29, 1.82) is 0 Å². The molecule has 0 aromatic heterocycles. The Morgan fingerprint density at radius 1 is 0.357 bits per heavy atom. The molecule has 1 aliphatic carbocycles. The van der Waals surface area contributed by atoms with Gasteiger partial charge in [0.15, 0.2) is 0 Å². The van der Waals surface area contributed by atoms with Crippen LogP contribution in [-0.2, 0) is 5.41 Å². The molecular weight excluding hydrogens is 675 g/mol. The van der Waals surface area contributed by atoms with Gasteiger partial charge in [-0.3, -0.25) is 0 Å². The Kier molecular flexibility index (Phi) is 8.01. The number of rotatable bonds is 6. The van der Waals surface area contributed by atoms with Crippen LogP contribution in [0.1, 0.15) is 36.1 Å². The van der Waals surface area contributed by atoms with Gasteiger partial charge in [0, 0.05) is 22.4 Å². The van der Waals surface area contributed by atoms with Gasteiger partial charge in [-0.25, -0.2) is 0 Å². The second kappa shape index (κ2) is 13.3. The molecule has 0 N–H and O–H groups in total. The molecule has 0 bridgehead atoms. The lowest BCUT2D eigenvalue weighted by Crippen LogP contribution is -2.15. The molecule has 9 aromatic rings. The van der Waals surface area contributed by atoms with Gasteiger partial charge in [0.1, 0.15) is 0 Å². The third-order valence-electron chi connectivity index (χ3n) is 12.2. The normalized spacial score (nSPS) is 12.8. The minimum Gasteiger partial charge on any atom is -0.310 e. The van der Waals surface area contributed by atoms with Crippen molar-refractivity contribution < 1.29 is 0 Å². The number of nitrogens with zero attached hydrogens (tertiary/aromatic N) is 1. The predicted octanol–water partition coefficient (Wildman–Crippen LogP) is 15.4. The van der Waals surface area contributed by atoms with E-state index in [0.717, 1.165) is 17.1 Å². The van der Waals surface area contributed by atoms with Crippen LogP contribution in [0, 0.1) is 13.8 Å². The first-order chi connectivity index (χ1) is 27.4. The average molecular weight is 718 g/mol. The summed E-state index contributed by atoms with van der Waals surface area (Å²) in [6.07, 6.45) is 0. The standard InChI is InChI=1S/C55H43N/c1-36-28-31-46(44-22-10-8-20-42(36)44)48-25-15-27-53(54(48)49-32-29-37(2)43-21-9-11-23-45(43)49)56(40-19-14-18-39(34-40)38-16-6-5-7-17-38)41-30-33-52-50(35-41)47-24-12-13-26-51(47)55(52,3)4/h5-35H,1-4H3. The fourth-order valence-corrected chi connectivity index (χ4v) is 9.32. The van der Waals surface area contributed by atoms with E-state index in [1.165, 1.54) is 88.3 Å². The van der Waals surface area contributed by atoms with Crippen molar-refractivity contribution in [2.45, 2.75) is 33.1 Å². The van der Waals surface area contributed by atoms with E-state index in [9.17, 15) is 0 Å². The van der Waals surface area contributed by atoms with Crippen LogP contribution in [-0.4, -0.2) is 0 Å². The second-order valence-corrected chi connectivity index (χ2v) is 15.8. The number of hydrogen-bond donors (Lipinski definition) is 0. The summed E-state index contributed by atoms with van der Waals surface area (Å²) in [5, 5.41) is 5.06. The van der Waals surface area contributed by atoms with Crippen molar-refractivity contribution in [2.24, 2.45) is 0 Å². The lowest BCUT2D eigenvalue weighted by Gasteiger charge is -2.31. The monoisotopic (exact) mass is 717 g/mol. The van der Waals surface area contributed by atoms with Gasteiger partial charge >= 0.3 is 0 Å². The SMILES string of the molecule is Cc1ccc(-c2cccc(N(c3cccc(-c4ccccc4)c3)c3ccc4c(c3)-c3ccccc3C4(C)C)c2-c2ccc(C)c3ccccc23)c2ccccc12. The van der Waals surface area contributed by atoms with Gasteiger partial charge < -0.3 is 4.90 Å². The first-order valence-electron chi connectivity index (χ1n) is 19.7. The molecule has 0 saturated heterocycles. The highest BCUT2D eigenvalue weighted by Gasteiger charge is 2.36. The Bertz CT molecular complexity index is 2970. The lowest BCUT2D eigenvalue weighted by atomic mass is 9.82. The molecule has 1 aliphatic rings. The minimum atomic E-state index is -0.0824. The van der Waals surface area contributed by atoms with E-state index >= 15 is 0 Å². The van der Waals surface area contributed by atoms with E-state index in [0.29, 0.717) is 0 Å². The van der Waals surface area contributed by atoms with Gasteiger partial charge in [-0.05, 0) is 127 Å². The molecule has 0 heterocycles. The summed E-state index contributed by atoms with van der Waals surface area (Å²) in [7, 11) is 0. The van der Waals surface area contributed by atoms with Gasteiger partial charge in [-0.15, -0.1) is 0 Å². The molecule has 0 spiro atoms. The summed E-state index contributed by atoms with van der Waals surface area (Å²) in [6, 6.07) is 69.7. The fourth-order valence-electron chi connectivity index (χ4n) is 9.32. The van der Waals surface area contributed by atoms with Crippen LogP contribution in [0.15, 0.2) is 188 Å². The van der Waals surface area contributed by atoms with Crippen LogP contribution in [0.3, 0.4) is 0 Å². The van der Waals surface area contributed by atoms with Gasteiger partial charge in [-0.2, -0.15) is 0 Å². The summed E-state index contributed by atoms with van der Waals surface area (Å²) < 4.78 is 0. The van der Waals surface area contributed by atoms with Crippen LogP contribution in [0.25, 0.3) is 66.1 Å². The zero-order valence-electron chi connectivity index (χ0n) is 32.3. The average Bonchev–Trinajstić information content (AvgIpc) is 3.47. The molecule has 0 amide bonds. The molecule has 268 valence electrons. The van der Waals surface area contributed by atoms with Gasteiger partial charge in [0.2, 0.25) is 0 Å². The van der Waals surface area contributed by atoms with Crippen molar-refractivity contribution in [1.82, 2.24) is 0 Å². The molecule has 0 unspecified atom stereocenters. The summed E-state index contributed by atoms with van der Waals surface area (Å²) in [5.74, 6) is 0. The highest BCUT2D eigenvalue weighted by atomic mass is 15.1. The number of aryl methyl sites for hydroxylation is 2. The molecule has 10 rings (SSSR count). The minimum absolute atomic E-state index is 0.0824. The smallest absolute Gasteiger partial charge is 0.0546 e. The zero-order chi connectivity index (χ0) is 38.0. The molecule has 56 heavy (non-hydrogen) atoms. The molecule has 1 heteroatoms. The Morgan fingerprint density at radius 2 is 0.911 bits per heavy atom. The quantitative estimate of drug-likeness (QED) is 0.166. The first kappa shape index (κ1) is 33.8. The van der Waals surface area contributed by atoms with Crippen molar-refractivity contribution in [3.05, 3.63) is 210 Å². The second-order valence-electron chi connectivity index (χ2n) is 15.8. The molecule has 0 atom stereocenters. The van der Waals surface area contributed by atoms with E-state index in [-0.39, 0.29) is 5.41 Å². The van der Waals surface area contributed by atoms with E-state index in [1.807, 2.05) is 0 Å². The third kappa shape index (κ3) is 5.38. The summed E-state index contributed by atoms with van der Waals surface area (Å²) in [6.45, 7) is 9.15. The van der Waals surface area contributed by atoms with E-state index in [2.05, 4.69) is 221 Å². The Hall–Kier alpha value is -6.70. The maximum atomic E-state index is 2.50. The van der Waals surface area contributed by atoms with E-state index < -0.39 is 0 Å². The largest absolute Gasteiger partial charge is 0.310 e. The molecular formula is C55H43N. The third-order valence-corrected chi connectivity index (χ3v) is 12.2. The maximum Gasteiger partial charge on any atom is 0.0546 e. The Morgan fingerprint density at radius 3 is 1.66 bits per heavy atom. The van der Waals surface area contributed by atoms with Crippen molar-refractivity contribution in [2.75, 3.05) is 4.90 Å². The fraction of sp³-hybridized carbons (Fsp3) is 0.0909. The molecule has 0 fully saturated rings. The summed E-state index contributed by atoms with van der Waals surface area (Å²) in [4.78, 5) is 2.50. The number of fused-ring (bicyclic) bond motifs is 5. The van der Waals surface area contributed by atoms with Crippen molar-refractivity contribution in [3.8, 4) is 44.5 Å². The molecule has 0 aliphatic heterocycles. The Labute approximate surface area is 330 Å². The van der Waals surface area contributed by atoms with Gasteiger partial charge in [-0.1, -0.05) is 172 Å². The summed E-state index contributed by atoms with van der Waals surface area (Å²) in [5.41, 5.74) is 18.5. The van der Waals surface area contributed by atoms with Crippen LogP contribution in [0.2, 0.25) is 0 Å². The van der Waals surface area contributed by atoms with Crippen molar-refractivity contribution in [3.63, 3.8) is 0 Å². The molecule has 0 radical (unpaired) electrons. The molecule has 9 aromatic carbocycles.